The summed E-state index contributed by atoms with van der Waals surface area (Å²) in [4.78, 5) is 0. The number of halogens is 3. The Morgan fingerprint density at radius 2 is 1.53 bits per heavy atom. The van der Waals surface area contributed by atoms with Crippen LogP contribution in [0.2, 0.25) is 0 Å². The van der Waals surface area contributed by atoms with Crippen LogP contribution in [-0.4, -0.2) is 0 Å². The molecule has 0 aromatic heterocycles. The van der Waals surface area contributed by atoms with Gasteiger partial charge in [-0.25, -0.2) is 13.2 Å². The molecule has 0 aliphatic carbocycles. The molecule has 0 atom stereocenters. The van der Waals surface area contributed by atoms with Crippen molar-refractivity contribution in [2.75, 3.05) is 5.32 Å². The Labute approximate surface area is 108 Å². The molecular formula is C14H9F3N2. The van der Waals surface area contributed by atoms with Crippen LogP contribution in [0.25, 0.3) is 0 Å². The van der Waals surface area contributed by atoms with Crippen LogP contribution in [0.1, 0.15) is 11.1 Å². The Morgan fingerprint density at radius 3 is 2.16 bits per heavy atom. The van der Waals surface area contributed by atoms with Crippen LogP contribution in [0.3, 0.4) is 0 Å². The molecule has 0 radical (unpaired) electrons. The lowest BCUT2D eigenvalue weighted by atomic mass is 10.1. The van der Waals surface area contributed by atoms with Gasteiger partial charge in [-0.2, -0.15) is 5.26 Å². The predicted molar refractivity (Wildman–Crippen MR) is 64.8 cm³/mol. The lowest BCUT2D eigenvalue weighted by Gasteiger charge is -2.07. The van der Waals surface area contributed by atoms with Crippen LogP contribution in [-0.2, 0) is 6.54 Å². The Balaban J connectivity index is 2.14. The van der Waals surface area contributed by atoms with Gasteiger partial charge in [0.2, 0.25) is 0 Å². The van der Waals surface area contributed by atoms with Gasteiger partial charge in [0.25, 0.3) is 0 Å². The lowest BCUT2D eigenvalue weighted by Crippen LogP contribution is -2.01. The quantitative estimate of drug-likeness (QED) is 0.917. The maximum atomic E-state index is 13.2. The van der Waals surface area contributed by atoms with Crippen molar-refractivity contribution >= 4 is 5.69 Å². The zero-order valence-corrected chi connectivity index (χ0v) is 9.75. The van der Waals surface area contributed by atoms with Gasteiger partial charge in [-0.05, 0) is 35.9 Å². The summed E-state index contributed by atoms with van der Waals surface area (Å²) in [5.41, 5.74) is 0.962. The average Bonchev–Trinajstić information content (AvgIpc) is 2.34. The minimum atomic E-state index is -0.695. The molecule has 2 aromatic carbocycles. The van der Waals surface area contributed by atoms with Crippen molar-refractivity contribution in [1.82, 2.24) is 0 Å². The molecule has 19 heavy (non-hydrogen) atoms. The Hall–Kier alpha value is -2.48. The van der Waals surface area contributed by atoms with Gasteiger partial charge in [0, 0.05) is 18.3 Å². The second-order valence-corrected chi connectivity index (χ2v) is 3.97. The minimum absolute atomic E-state index is 0.162. The fourth-order valence-electron chi connectivity index (χ4n) is 1.68. The van der Waals surface area contributed by atoms with Crippen molar-refractivity contribution in [3.05, 3.63) is 65.0 Å². The van der Waals surface area contributed by atoms with Crippen LogP contribution in [0.15, 0.2) is 36.4 Å². The van der Waals surface area contributed by atoms with E-state index < -0.39 is 17.5 Å². The molecule has 0 amide bonds. The van der Waals surface area contributed by atoms with Gasteiger partial charge in [-0.1, -0.05) is 0 Å². The van der Waals surface area contributed by atoms with Crippen molar-refractivity contribution in [3.63, 3.8) is 0 Å². The largest absolute Gasteiger partial charge is 0.381 e. The number of nitrogens with one attached hydrogen (secondary N) is 1. The lowest BCUT2D eigenvalue weighted by molar-refractivity contribution is 0.584. The van der Waals surface area contributed by atoms with E-state index in [0.29, 0.717) is 5.56 Å². The molecule has 0 unspecified atom stereocenters. The average molecular weight is 262 g/mol. The van der Waals surface area contributed by atoms with Crippen molar-refractivity contribution < 1.29 is 13.2 Å². The standard InChI is InChI=1S/C14H9F3N2/c15-11-2-9(7-18)1-10(3-11)8-19-14-5-12(16)4-13(17)6-14/h1-6,19H,8H2. The summed E-state index contributed by atoms with van der Waals surface area (Å²) in [5.74, 6) is -1.92. The number of hydrogen-bond acceptors (Lipinski definition) is 2. The summed E-state index contributed by atoms with van der Waals surface area (Å²) in [6, 6.07) is 8.74. The van der Waals surface area contributed by atoms with Crippen LogP contribution in [0.4, 0.5) is 18.9 Å². The number of nitrogens with zero attached hydrogens (tertiary/aromatic N) is 1. The van der Waals surface area contributed by atoms with Gasteiger partial charge in [0.05, 0.1) is 11.6 Å². The van der Waals surface area contributed by atoms with Crippen molar-refractivity contribution in [2.45, 2.75) is 6.54 Å². The predicted octanol–water partition coefficient (Wildman–Crippen LogP) is 3.59. The summed E-state index contributed by atoms with van der Waals surface area (Å²) >= 11 is 0. The van der Waals surface area contributed by atoms with E-state index in [1.54, 1.807) is 0 Å². The van der Waals surface area contributed by atoms with Crippen LogP contribution >= 0.6 is 0 Å². The summed E-state index contributed by atoms with van der Waals surface area (Å²) in [6.07, 6.45) is 0. The third kappa shape index (κ3) is 3.49. The highest BCUT2D eigenvalue weighted by atomic mass is 19.1. The third-order valence-corrected chi connectivity index (χ3v) is 2.45. The molecule has 0 bridgehead atoms. The molecular weight excluding hydrogens is 253 g/mol. The van der Waals surface area contributed by atoms with Gasteiger partial charge in [-0.15, -0.1) is 0 Å². The third-order valence-electron chi connectivity index (χ3n) is 2.45. The zero-order chi connectivity index (χ0) is 13.8. The number of anilines is 1. The number of benzene rings is 2. The van der Waals surface area contributed by atoms with Gasteiger partial charge in [0.1, 0.15) is 17.5 Å². The Bertz CT molecular complexity index is 627. The van der Waals surface area contributed by atoms with Crippen molar-refractivity contribution in [2.24, 2.45) is 0 Å². The molecule has 0 saturated carbocycles. The summed E-state index contributed by atoms with van der Waals surface area (Å²) in [5, 5.41) is 11.5. The molecule has 0 saturated heterocycles. The number of hydrogen-bond donors (Lipinski definition) is 1. The maximum Gasteiger partial charge on any atom is 0.128 e. The molecule has 2 rings (SSSR count). The molecule has 96 valence electrons. The number of nitriles is 1. The highest BCUT2D eigenvalue weighted by molar-refractivity contribution is 5.45. The van der Waals surface area contributed by atoms with Crippen LogP contribution in [0, 0.1) is 28.8 Å². The van der Waals surface area contributed by atoms with Crippen LogP contribution < -0.4 is 5.32 Å². The van der Waals surface area contributed by atoms with Gasteiger partial charge >= 0.3 is 0 Å². The maximum absolute atomic E-state index is 13.2. The van der Waals surface area contributed by atoms with E-state index in [2.05, 4.69) is 5.32 Å². The monoisotopic (exact) mass is 262 g/mol. The summed E-state index contributed by atoms with van der Waals surface area (Å²) < 4.78 is 39.1. The fourth-order valence-corrected chi connectivity index (χ4v) is 1.68. The molecule has 2 nitrogen and oxygen atoms in total. The molecule has 0 aliphatic rings. The second-order valence-electron chi connectivity index (χ2n) is 3.97. The summed E-state index contributed by atoms with van der Waals surface area (Å²) in [6.45, 7) is 0.162. The molecule has 0 heterocycles. The molecule has 0 spiro atoms. The van der Waals surface area contributed by atoms with E-state index in [4.69, 9.17) is 5.26 Å². The molecule has 5 heteroatoms. The first kappa shape index (κ1) is 13.0. The zero-order valence-electron chi connectivity index (χ0n) is 9.75. The highest BCUT2D eigenvalue weighted by Gasteiger charge is 2.03. The first-order valence-electron chi connectivity index (χ1n) is 5.46. The molecule has 0 fully saturated rings. The van der Waals surface area contributed by atoms with E-state index in [0.717, 1.165) is 24.3 Å². The van der Waals surface area contributed by atoms with Crippen molar-refractivity contribution in [1.29, 1.82) is 5.26 Å². The first-order chi connectivity index (χ1) is 9.06. The Kier molecular flexibility index (Phi) is 3.71. The van der Waals surface area contributed by atoms with E-state index in [9.17, 15) is 13.2 Å². The van der Waals surface area contributed by atoms with E-state index in [1.165, 1.54) is 12.1 Å². The SMILES string of the molecule is N#Cc1cc(F)cc(CNc2cc(F)cc(F)c2)c1. The first-order valence-corrected chi connectivity index (χ1v) is 5.46. The normalized spacial score (nSPS) is 10.0. The molecule has 1 N–H and O–H groups in total. The van der Waals surface area contributed by atoms with Crippen LogP contribution in [0.5, 0.6) is 0 Å². The van der Waals surface area contributed by atoms with E-state index in [-0.39, 0.29) is 17.8 Å². The Morgan fingerprint density at radius 1 is 0.895 bits per heavy atom. The minimum Gasteiger partial charge on any atom is -0.381 e. The van der Waals surface area contributed by atoms with Gasteiger partial charge < -0.3 is 5.32 Å². The fraction of sp³-hybridized carbons (Fsp3) is 0.0714. The number of rotatable bonds is 3. The smallest absolute Gasteiger partial charge is 0.128 e. The van der Waals surface area contributed by atoms with Gasteiger partial charge in [-0.3, -0.25) is 0 Å². The molecule has 2 aromatic rings. The second kappa shape index (κ2) is 5.44. The van der Waals surface area contributed by atoms with E-state index >= 15 is 0 Å². The van der Waals surface area contributed by atoms with Gasteiger partial charge in [0.15, 0.2) is 0 Å². The highest BCUT2D eigenvalue weighted by Crippen LogP contribution is 2.15. The topological polar surface area (TPSA) is 35.8 Å². The van der Waals surface area contributed by atoms with Crippen molar-refractivity contribution in [3.8, 4) is 6.07 Å². The van der Waals surface area contributed by atoms with E-state index in [1.807, 2.05) is 6.07 Å². The summed E-state index contributed by atoms with van der Waals surface area (Å²) in [7, 11) is 0. The molecule has 0 aliphatic heterocycles.